The molecule has 6 atom stereocenters. The monoisotopic (exact) mass is 506 g/mol. The predicted octanol–water partition coefficient (Wildman–Crippen LogP) is 0.0258. The van der Waals surface area contributed by atoms with Crippen LogP contribution in [0.4, 0.5) is 0 Å². The van der Waals surface area contributed by atoms with Crippen molar-refractivity contribution in [3.63, 3.8) is 0 Å². The SMILES string of the molecule is COC[n+]1cc2sc(C[C@@H]3C[C@H](SC4=C(C(=O)[O-])N5C(=O)[C@H]([C@@H](C)O)[C@H]5[C@H]4C)CN3)cn2c1C. The molecule has 11 heteroatoms. The molecule has 2 aromatic heterocycles. The number of carboxylic acid groups (broad SMARTS) is 1. The average molecular weight is 507 g/mol. The molecule has 5 rings (SSSR count). The van der Waals surface area contributed by atoms with Crippen LogP contribution >= 0.6 is 23.1 Å². The van der Waals surface area contributed by atoms with E-state index in [1.165, 1.54) is 14.6 Å². The number of imidazole rings is 1. The number of hydrogen-bond acceptors (Lipinski definition) is 8. The van der Waals surface area contributed by atoms with Gasteiger partial charge in [0.1, 0.15) is 6.20 Å². The summed E-state index contributed by atoms with van der Waals surface area (Å²) in [6.07, 6.45) is 5.31. The molecule has 2 saturated heterocycles. The van der Waals surface area contributed by atoms with Crippen LogP contribution in [0, 0.1) is 18.8 Å². The summed E-state index contributed by atoms with van der Waals surface area (Å²) in [5, 5.41) is 25.8. The quantitative estimate of drug-likeness (QED) is 0.384. The zero-order valence-electron chi connectivity index (χ0n) is 19.7. The minimum atomic E-state index is -1.31. The number of carbonyl (C=O) groups is 2. The van der Waals surface area contributed by atoms with Gasteiger partial charge in [-0.25, -0.2) is 4.57 Å². The molecule has 9 nitrogen and oxygen atoms in total. The highest BCUT2D eigenvalue weighted by molar-refractivity contribution is 8.03. The highest BCUT2D eigenvalue weighted by atomic mass is 32.2. The number of aromatic nitrogens is 2. The molecule has 0 spiro atoms. The summed E-state index contributed by atoms with van der Waals surface area (Å²) in [6, 6.07) is 0.00634. The lowest BCUT2D eigenvalue weighted by atomic mass is 9.79. The van der Waals surface area contributed by atoms with Crippen molar-refractivity contribution in [3.05, 3.63) is 33.7 Å². The van der Waals surface area contributed by atoms with Crippen molar-refractivity contribution in [2.24, 2.45) is 11.8 Å². The number of β-lactam (4-membered cyclic amide) rings is 1. The normalized spacial score (nSPS) is 29.7. The summed E-state index contributed by atoms with van der Waals surface area (Å²) in [6.45, 7) is 6.92. The summed E-state index contributed by atoms with van der Waals surface area (Å²) < 4.78 is 9.52. The van der Waals surface area contributed by atoms with Gasteiger partial charge < -0.3 is 30.0 Å². The van der Waals surface area contributed by atoms with Crippen LogP contribution in [0.1, 0.15) is 31.0 Å². The number of hydrogen-bond donors (Lipinski definition) is 2. The number of fused-ring (bicyclic) bond motifs is 2. The lowest BCUT2D eigenvalue weighted by Gasteiger charge is -2.47. The standard InChI is InChI=1S/C23H30N4O5S2/c1-11-19-18(12(2)28)22(29)27(19)20(23(30)31)21(11)34-15-5-14(24-7-15)6-16-8-26-13(3)25(10-32-4)9-17(26)33-16/h8-9,11-12,14-15,18-19,24,28H,5-7,10H2,1-4H3/t11-,12-,14+,15+,18-,19-/m1/s1. The lowest BCUT2D eigenvalue weighted by Crippen LogP contribution is -2.64. The third-order valence-electron chi connectivity index (χ3n) is 7.27. The van der Waals surface area contributed by atoms with E-state index < -0.39 is 18.0 Å². The van der Waals surface area contributed by atoms with Gasteiger partial charge in [0.2, 0.25) is 10.7 Å². The van der Waals surface area contributed by atoms with Crippen LogP contribution in [-0.2, 0) is 27.5 Å². The molecule has 0 unspecified atom stereocenters. The molecule has 5 heterocycles. The molecule has 2 N–H and O–H groups in total. The minimum Gasteiger partial charge on any atom is -0.543 e. The minimum absolute atomic E-state index is 0.00101. The molecule has 0 saturated carbocycles. The van der Waals surface area contributed by atoms with Crippen molar-refractivity contribution in [1.29, 1.82) is 0 Å². The van der Waals surface area contributed by atoms with Crippen LogP contribution < -0.4 is 15.0 Å². The molecular weight excluding hydrogens is 476 g/mol. The molecule has 34 heavy (non-hydrogen) atoms. The Morgan fingerprint density at radius 1 is 1.50 bits per heavy atom. The molecular formula is C23H30N4O5S2. The number of rotatable bonds is 8. The molecule has 2 aromatic rings. The fourth-order valence-electron chi connectivity index (χ4n) is 5.61. The van der Waals surface area contributed by atoms with Crippen LogP contribution in [0.25, 0.3) is 4.83 Å². The van der Waals surface area contributed by atoms with Gasteiger partial charge in [-0.2, -0.15) is 4.40 Å². The number of aryl methyl sites for hydroxylation is 1. The van der Waals surface area contributed by atoms with Crippen LogP contribution in [0.2, 0.25) is 0 Å². The Labute approximate surface area is 206 Å². The number of aliphatic hydroxyl groups is 1. The van der Waals surface area contributed by atoms with Gasteiger partial charge in [-0.05, 0) is 13.3 Å². The van der Waals surface area contributed by atoms with Crippen molar-refractivity contribution in [3.8, 4) is 0 Å². The van der Waals surface area contributed by atoms with E-state index in [0.29, 0.717) is 17.7 Å². The second kappa shape index (κ2) is 8.94. The summed E-state index contributed by atoms with van der Waals surface area (Å²) in [4.78, 5) is 29.0. The van der Waals surface area contributed by atoms with E-state index >= 15 is 0 Å². The molecule has 184 valence electrons. The van der Waals surface area contributed by atoms with Crippen LogP contribution in [0.3, 0.4) is 0 Å². The third kappa shape index (κ3) is 3.78. The number of nitrogens with one attached hydrogen (secondary N) is 1. The molecule has 0 aliphatic carbocycles. The Kier molecular flexibility index (Phi) is 6.26. The van der Waals surface area contributed by atoms with Crippen molar-refractivity contribution >= 4 is 39.8 Å². The second-order valence-electron chi connectivity index (χ2n) is 9.51. The second-order valence-corrected chi connectivity index (χ2v) is 12.0. The molecule has 3 aliphatic rings. The lowest BCUT2D eigenvalue weighted by molar-refractivity contribution is -0.735. The van der Waals surface area contributed by atoms with Crippen molar-refractivity contribution in [1.82, 2.24) is 14.6 Å². The van der Waals surface area contributed by atoms with Gasteiger partial charge in [0.15, 0.2) is 12.9 Å². The molecule has 2 fully saturated rings. The first-order chi connectivity index (χ1) is 16.2. The Morgan fingerprint density at radius 3 is 2.91 bits per heavy atom. The summed E-state index contributed by atoms with van der Waals surface area (Å²) in [7, 11) is 1.69. The Morgan fingerprint density at radius 2 is 2.26 bits per heavy atom. The van der Waals surface area contributed by atoms with Gasteiger partial charge in [0, 0.05) is 54.0 Å². The number of ether oxygens (including phenoxy) is 1. The summed E-state index contributed by atoms with van der Waals surface area (Å²) >= 11 is 3.33. The van der Waals surface area contributed by atoms with Gasteiger partial charge in [-0.1, -0.05) is 18.3 Å². The average Bonchev–Trinajstić information content (AvgIpc) is 3.49. The smallest absolute Gasteiger partial charge is 0.261 e. The molecule has 0 radical (unpaired) electrons. The van der Waals surface area contributed by atoms with E-state index in [2.05, 4.69) is 33.6 Å². The number of thioether (sulfide) groups is 1. The number of aliphatic hydroxyl groups excluding tert-OH is 1. The maximum atomic E-state index is 12.5. The number of carbonyl (C=O) groups excluding carboxylic acids is 2. The van der Waals surface area contributed by atoms with Crippen molar-refractivity contribution < 1.29 is 29.1 Å². The van der Waals surface area contributed by atoms with Crippen LogP contribution in [0.15, 0.2) is 23.0 Å². The zero-order valence-corrected chi connectivity index (χ0v) is 21.3. The summed E-state index contributed by atoms with van der Waals surface area (Å²) in [5.41, 5.74) is 0.00101. The number of thiazole rings is 1. The van der Waals surface area contributed by atoms with E-state index in [1.54, 1.807) is 37.1 Å². The number of carboxylic acids is 1. The van der Waals surface area contributed by atoms with Gasteiger partial charge >= 0.3 is 0 Å². The van der Waals surface area contributed by atoms with E-state index in [4.69, 9.17) is 4.74 Å². The zero-order chi connectivity index (χ0) is 24.3. The maximum absolute atomic E-state index is 12.5. The van der Waals surface area contributed by atoms with Gasteiger partial charge in [0.25, 0.3) is 5.82 Å². The molecule has 0 aromatic carbocycles. The fraction of sp³-hybridized carbons (Fsp3) is 0.609. The molecule has 0 bridgehead atoms. The Bertz CT molecular complexity index is 1170. The predicted molar refractivity (Wildman–Crippen MR) is 126 cm³/mol. The largest absolute Gasteiger partial charge is 0.543 e. The topological polar surface area (TPSA) is 110 Å². The summed E-state index contributed by atoms with van der Waals surface area (Å²) in [5.74, 6) is -1.19. The van der Waals surface area contributed by atoms with Crippen LogP contribution in [0.5, 0.6) is 0 Å². The highest BCUT2D eigenvalue weighted by Gasteiger charge is 2.58. The van der Waals surface area contributed by atoms with E-state index in [9.17, 15) is 19.8 Å². The van der Waals surface area contributed by atoms with E-state index in [1.807, 2.05) is 6.92 Å². The van der Waals surface area contributed by atoms with Gasteiger partial charge in [-0.15, -0.1) is 11.8 Å². The fourth-order valence-corrected chi connectivity index (χ4v) is 8.30. The first-order valence-electron chi connectivity index (χ1n) is 11.6. The number of nitrogens with zero attached hydrogens (tertiary/aromatic N) is 3. The van der Waals surface area contributed by atoms with Gasteiger partial charge in [0.05, 0.1) is 29.7 Å². The number of methoxy groups -OCH3 is 1. The number of aliphatic carboxylic acids is 1. The first kappa shape index (κ1) is 23.8. The number of amides is 1. The maximum Gasteiger partial charge on any atom is 0.261 e. The van der Waals surface area contributed by atoms with Crippen molar-refractivity contribution in [2.75, 3.05) is 13.7 Å². The third-order valence-corrected chi connectivity index (χ3v) is 9.83. The van der Waals surface area contributed by atoms with Gasteiger partial charge in [-0.3, -0.25) is 4.79 Å². The van der Waals surface area contributed by atoms with Crippen molar-refractivity contribution in [2.45, 2.75) is 63.8 Å². The van der Waals surface area contributed by atoms with E-state index in [0.717, 1.165) is 25.2 Å². The Hall–Kier alpha value is -1.92. The molecule has 1 amide bonds. The Balaban J connectivity index is 1.26. The molecule has 3 aliphatic heterocycles. The van der Waals surface area contributed by atoms with Crippen LogP contribution in [-0.4, -0.2) is 63.4 Å². The first-order valence-corrected chi connectivity index (χ1v) is 13.3. The van der Waals surface area contributed by atoms with E-state index in [-0.39, 0.29) is 28.8 Å². The highest BCUT2D eigenvalue weighted by Crippen LogP contribution is 2.51.